The first-order valence-electron chi connectivity index (χ1n) is 8.38. The highest BCUT2D eigenvalue weighted by Crippen LogP contribution is 2.46. The first-order chi connectivity index (χ1) is 10.7. The van der Waals surface area contributed by atoms with E-state index in [1.54, 1.807) is 0 Å². The minimum absolute atomic E-state index is 0.344. The van der Waals surface area contributed by atoms with E-state index in [-0.39, 0.29) is 0 Å². The third-order valence-corrected chi connectivity index (χ3v) is 5.52. The molecule has 6 nitrogen and oxygen atoms in total. The molecular formula is C16H25N5O. The van der Waals surface area contributed by atoms with Gasteiger partial charge in [0.1, 0.15) is 5.82 Å². The van der Waals surface area contributed by atoms with Crippen molar-refractivity contribution < 1.29 is 4.74 Å². The molecule has 120 valence electrons. The van der Waals surface area contributed by atoms with Gasteiger partial charge in [-0.2, -0.15) is 4.98 Å². The molecule has 0 aromatic carbocycles. The van der Waals surface area contributed by atoms with E-state index < -0.39 is 0 Å². The van der Waals surface area contributed by atoms with Crippen LogP contribution in [-0.2, 0) is 11.3 Å². The molecule has 2 bridgehead atoms. The second kappa shape index (κ2) is 5.66. The van der Waals surface area contributed by atoms with E-state index in [1.165, 1.54) is 25.7 Å². The van der Waals surface area contributed by atoms with Gasteiger partial charge in [0.15, 0.2) is 0 Å². The minimum Gasteiger partial charge on any atom is -0.372 e. The molecule has 6 heteroatoms. The van der Waals surface area contributed by atoms with Gasteiger partial charge in [0.2, 0.25) is 5.95 Å². The Labute approximate surface area is 131 Å². The van der Waals surface area contributed by atoms with E-state index >= 15 is 0 Å². The summed E-state index contributed by atoms with van der Waals surface area (Å²) in [7, 11) is 1.99. The number of aromatic nitrogens is 2. The van der Waals surface area contributed by atoms with Gasteiger partial charge in [0, 0.05) is 25.2 Å². The summed E-state index contributed by atoms with van der Waals surface area (Å²) >= 11 is 0. The topological polar surface area (TPSA) is 76.3 Å². The lowest BCUT2D eigenvalue weighted by atomic mass is 9.98. The molecule has 1 aromatic heterocycles. The summed E-state index contributed by atoms with van der Waals surface area (Å²) in [4.78, 5) is 10.9. The van der Waals surface area contributed by atoms with Gasteiger partial charge in [0.05, 0.1) is 18.4 Å². The monoisotopic (exact) mass is 303 g/mol. The van der Waals surface area contributed by atoms with Crippen molar-refractivity contribution in [2.24, 2.45) is 11.8 Å². The second-order valence-corrected chi connectivity index (χ2v) is 6.99. The summed E-state index contributed by atoms with van der Waals surface area (Å²) in [6, 6.07) is 2.57. The number of nitrogens with one attached hydrogen (secondary N) is 1. The number of hydrogen-bond acceptors (Lipinski definition) is 6. The van der Waals surface area contributed by atoms with Crippen molar-refractivity contribution >= 4 is 11.8 Å². The van der Waals surface area contributed by atoms with Crippen LogP contribution in [0, 0.1) is 11.8 Å². The molecule has 1 aromatic rings. The number of nitrogens with two attached hydrogens (primary N) is 1. The molecule has 1 aliphatic heterocycles. The van der Waals surface area contributed by atoms with Crippen LogP contribution < -0.4 is 16.0 Å². The van der Waals surface area contributed by atoms with E-state index in [9.17, 15) is 0 Å². The Balaban J connectivity index is 1.38. The maximum Gasteiger partial charge on any atom is 0.222 e. The number of rotatable bonds is 5. The van der Waals surface area contributed by atoms with Gasteiger partial charge >= 0.3 is 0 Å². The summed E-state index contributed by atoms with van der Waals surface area (Å²) < 4.78 is 6.13. The molecule has 22 heavy (non-hydrogen) atoms. The molecule has 2 heterocycles. The summed E-state index contributed by atoms with van der Waals surface area (Å²) in [5.41, 5.74) is 6.77. The number of nitrogen functional groups attached to an aromatic ring is 1. The van der Waals surface area contributed by atoms with Crippen molar-refractivity contribution in [1.29, 1.82) is 0 Å². The zero-order valence-electron chi connectivity index (χ0n) is 13.2. The molecule has 3 atom stereocenters. The van der Waals surface area contributed by atoms with Crippen molar-refractivity contribution in [1.82, 2.24) is 15.3 Å². The molecule has 3 N–H and O–H groups in total. The Morgan fingerprint density at radius 3 is 2.86 bits per heavy atom. The number of nitrogens with zero attached hydrogens (tertiary/aromatic N) is 3. The second-order valence-electron chi connectivity index (χ2n) is 6.99. The van der Waals surface area contributed by atoms with Crippen LogP contribution in [0.25, 0.3) is 0 Å². The highest BCUT2D eigenvalue weighted by atomic mass is 16.5. The zero-order valence-corrected chi connectivity index (χ0v) is 13.2. The molecule has 3 aliphatic rings. The molecule has 2 saturated carbocycles. The predicted octanol–water partition coefficient (Wildman–Crippen LogP) is 1.17. The van der Waals surface area contributed by atoms with Crippen LogP contribution in [0.4, 0.5) is 11.8 Å². The van der Waals surface area contributed by atoms with Crippen LogP contribution in [0.5, 0.6) is 0 Å². The van der Waals surface area contributed by atoms with Crippen LogP contribution in [-0.4, -0.2) is 42.3 Å². The van der Waals surface area contributed by atoms with Gasteiger partial charge in [-0.3, -0.25) is 0 Å². The molecular weight excluding hydrogens is 278 g/mol. The lowest BCUT2D eigenvalue weighted by Gasteiger charge is -2.40. The molecule has 0 unspecified atom stereocenters. The standard InChI is InChI=1S/C16H25N5O/c1-18-13-7-21(8-13)15-6-12(19-16(17)20-15)9-22-14-5-10-2-3-11(14)4-10/h6,10-11,13-14,18H,2-5,7-9H2,1H3,(H2,17,19,20)/t10-,11+,14-/m1/s1. The predicted molar refractivity (Wildman–Crippen MR) is 85.5 cm³/mol. The van der Waals surface area contributed by atoms with Crippen LogP contribution in [0.3, 0.4) is 0 Å². The third kappa shape index (κ3) is 2.65. The van der Waals surface area contributed by atoms with Gasteiger partial charge in [-0.25, -0.2) is 4.98 Å². The molecule has 4 rings (SSSR count). The van der Waals surface area contributed by atoms with Crippen molar-refractivity contribution in [3.8, 4) is 0 Å². The number of ether oxygens (including phenoxy) is 1. The average molecular weight is 303 g/mol. The van der Waals surface area contributed by atoms with E-state index in [4.69, 9.17) is 10.5 Å². The molecule has 0 amide bonds. The first-order valence-corrected chi connectivity index (χ1v) is 8.38. The summed E-state index contributed by atoms with van der Waals surface area (Å²) in [6.07, 6.45) is 5.76. The van der Waals surface area contributed by atoms with Gasteiger partial charge in [-0.05, 0) is 44.6 Å². The summed E-state index contributed by atoms with van der Waals surface area (Å²) in [6.45, 7) is 2.50. The molecule has 1 saturated heterocycles. The van der Waals surface area contributed by atoms with Crippen molar-refractivity contribution in [2.45, 2.75) is 44.4 Å². The SMILES string of the molecule is CNC1CN(c2cc(CO[C@@H]3C[C@@H]4CC[C@H]3C4)nc(N)n2)C1. The summed E-state index contributed by atoms with van der Waals surface area (Å²) in [5.74, 6) is 2.94. The van der Waals surface area contributed by atoms with E-state index in [0.29, 0.717) is 24.7 Å². The van der Waals surface area contributed by atoms with Crippen molar-refractivity contribution in [3.63, 3.8) is 0 Å². The Morgan fingerprint density at radius 2 is 2.18 bits per heavy atom. The Morgan fingerprint density at radius 1 is 1.32 bits per heavy atom. The van der Waals surface area contributed by atoms with Gasteiger partial charge in [-0.15, -0.1) is 0 Å². The maximum absolute atomic E-state index is 6.13. The van der Waals surface area contributed by atoms with Gasteiger partial charge < -0.3 is 20.7 Å². The first kappa shape index (κ1) is 14.2. The minimum atomic E-state index is 0.344. The molecule has 0 radical (unpaired) electrons. The lowest BCUT2D eigenvalue weighted by Crippen LogP contribution is -2.57. The maximum atomic E-state index is 6.13. The molecule has 3 fully saturated rings. The molecule has 2 aliphatic carbocycles. The van der Waals surface area contributed by atoms with Crippen LogP contribution in [0.1, 0.15) is 31.4 Å². The van der Waals surface area contributed by atoms with Gasteiger partial charge in [-0.1, -0.05) is 0 Å². The van der Waals surface area contributed by atoms with Crippen molar-refractivity contribution in [3.05, 3.63) is 11.8 Å². The largest absolute Gasteiger partial charge is 0.372 e. The fourth-order valence-corrected chi connectivity index (χ4v) is 4.17. The van der Waals surface area contributed by atoms with E-state index in [2.05, 4.69) is 20.2 Å². The zero-order chi connectivity index (χ0) is 15.1. The quantitative estimate of drug-likeness (QED) is 0.850. The Bertz CT molecular complexity index is 545. The number of anilines is 2. The molecule has 0 spiro atoms. The highest BCUT2D eigenvalue weighted by Gasteiger charge is 2.40. The highest BCUT2D eigenvalue weighted by molar-refractivity contribution is 5.46. The van der Waals surface area contributed by atoms with E-state index in [1.807, 2.05) is 13.1 Å². The number of fused-ring (bicyclic) bond motifs is 2. The third-order valence-electron chi connectivity index (χ3n) is 5.52. The Kier molecular flexibility index (Phi) is 3.66. The normalized spacial score (nSPS) is 30.8. The average Bonchev–Trinajstić information content (AvgIpc) is 3.06. The van der Waals surface area contributed by atoms with Gasteiger partial charge in [0.25, 0.3) is 0 Å². The fourth-order valence-electron chi connectivity index (χ4n) is 4.17. The number of hydrogen-bond donors (Lipinski definition) is 2. The fraction of sp³-hybridized carbons (Fsp3) is 0.750. The van der Waals surface area contributed by atoms with E-state index in [0.717, 1.165) is 36.4 Å². The smallest absolute Gasteiger partial charge is 0.222 e. The summed E-state index contributed by atoms with van der Waals surface area (Å²) in [5, 5.41) is 3.27. The van der Waals surface area contributed by atoms with Crippen LogP contribution in [0.15, 0.2) is 6.07 Å². The number of likely N-dealkylation sites (N-methyl/N-ethyl adjacent to an activating group) is 1. The van der Waals surface area contributed by atoms with Crippen LogP contribution >= 0.6 is 0 Å². The lowest BCUT2D eigenvalue weighted by molar-refractivity contribution is 0.00371. The van der Waals surface area contributed by atoms with Crippen molar-refractivity contribution in [2.75, 3.05) is 30.8 Å². The Hall–Kier alpha value is -1.40. The van der Waals surface area contributed by atoms with Crippen LogP contribution in [0.2, 0.25) is 0 Å².